The second kappa shape index (κ2) is 13.1. The number of unbranched alkanes of at least 4 members (excludes halogenated alkanes) is 1. The van der Waals surface area contributed by atoms with Crippen LogP contribution in [0.3, 0.4) is 0 Å². The van der Waals surface area contributed by atoms with Gasteiger partial charge in [-0.15, -0.1) is 0 Å². The highest BCUT2D eigenvalue weighted by atomic mass is 16.4. The molecule has 11 heteroatoms. The van der Waals surface area contributed by atoms with E-state index in [0.29, 0.717) is 19.4 Å². The van der Waals surface area contributed by atoms with E-state index in [1.54, 1.807) is 13.8 Å². The summed E-state index contributed by atoms with van der Waals surface area (Å²) in [6.07, 6.45) is 0.150. The zero-order valence-corrected chi connectivity index (χ0v) is 17.5. The van der Waals surface area contributed by atoms with E-state index in [4.69, 9.17) is 16.6 Å². The quantitative estimate of drug-likeness (QED) is 0.168. The molecular formula is C18H35N5O6. The van der Waals surface area contributed by atoms with Crippen LogP contribution in [0.5, 0.6) is 0 Å². The van der Waals surface area contributed by atoms with Crippen LogP contribution >= 0.6 is 0 Å². The number of nitrogens with one attached hydrogen (secondary N) is 3. The van der Waals surface area contributed by atoms with Gasteiger partial charge in [-0.1, -0.05) is 13.8 Å². The Bertz CT molecular complexity index is 569. The van der Waals surface area contributed by atoms with Crippen molar-refractivity contribution in [3.8, 4) is 0 Å². The van der Waals surface area contributed by atoms with E-state index in [9.17, 15) is 24.3 Å². The molecule has 168 valence electrons. The number of aliphatic hydroxyl groups is 1. The van der Waals surface area contributed by atoms with Gasteiger partial charge in [0.2, 0.25) is 17.7 Å². The molecule has 5 unspecified atom stereocenters. The monoisotopic (exact) mass is 417 g/mol. The van der Waals surface area contributed by atoms with E-state index < -0.39 is 54.0 Å². The van der Waals surface area contributed by atoms with Crippen molar-refractivity contribution in [2.45, 2.75) is 77.2 Å². The Morgan fingerprint density at radius 3 is 1.93 bits per heavy atom. The molecule has 0 heterocycles. The molecule has 0 saturated carbocycles. The Kier molecular flexibility index (Phi) is 12.1. The van der Waals surface area contributed by atoms with E-state index in [1.165, 1.54) is 13.8 Å². The second-order valence-corrected chi connectivity index (χ2v) is 7.41. The van der Waals surface area contributed by atoms with Crippen molar-refractivity contribution in [2.75, 3.05) is 6.54 Å². The summed E-state index contributed by atoms with van der Waals surface area (Å²) in [4.78, 5) is 48.1. The zero-order valence-electron chi connectivity index (χ0n) is 17.5. The molecule has 0 rings (SSSR count). The Morgan fingerprint density at radius 1 is 0.897 bits per heavy atom. The first-order valence-electron chi connectivity index (χ1n) is 9.69. The summed E-state index contributed by atoms with van der Waals surface area (Å²) in [6.45, 7) is 6.49. The SMILES string of the molecule is CC(NC(=O)C(NC(=O)C(CCCCN)NC(=O)C(N)C(C)C)C(C)O)C(=O)O. The standard InChI is InChI=1S/C18H35N5O6/c1-9(2)13(20)16(26)22-12(7-5-6-8-19)15(25)23-14(11(4)24)17(27)21-10(3)18(28)29/h9-14,24H,5-8,19-20H2,1-4H3,(H,21,27)(H,22,26)(H,23,25)(H,28,29). The second-order valence-electron chi connectivity index (χ2n) is 7.41. The Balaban J connectivity index is 5.27. The van der Waals surface area contributed by atoms with Gasteiger partial charge in [0, 0.05) is 0 Å². The number of aliphatic carboxylic acids is 1. The fourth-order valence-corrected chi connectivity index (χ4v) is 2.36. The van der Waals surface area contributed by atoms with Gasteiger partial charge in [0.05, 0.1) is 12.1 Å². The molecule has 0 spiro atoms. The van der Waals surface area contributed by atoms with Crippen molar-refractivity contribution in [3.63, 3.8) is 0 Å². The van der Waals surface area contributed by atoms with Crippen molar-refractivity contribution in [1.82, 2.24) is 16.0 Å². The summed E-state index contributed by atoms with van der Waals surface area (Å²) in [5.74, 6) is -3.45. The summed E-state index contributed by atoms with van der Waals surface area (Å²) in [5, 5.41) is 25.9. The number of amides is 3. The van der Waals surface area contributed by atoms with Crippen molar-refractivity contribution >= 4 is 23.7 Å². The molecule has 0 fully saturated rings. The number of carboxylic acid groups (broad SMARTS) is 1. The smallest absolute Gasteiger partial charge is 0.325 e. The lowest BCUT2D eigenvalue weighted by Crippen LogP contribution is -2.59. The molecule has 0 radical (unpaired) electrons. The number of hydrogen-bond donors (Lipinski definition) is 7. The first kappa shape index (κ1) is 26.8. The predicted molar refractivity (Wildman–Crippen MR) is 107 cm³/mol. The number of nitrogens with two attached hydrogens (primary N) is 2. The summed E-state index contributed by atoms with van der Waals surface area (Å²) in [5.41, 5.74) is 11.3. The fourth-order valence-electron chi connectivity index (χ4n) is 2.36. The number of aliphatic hydroxyl groups excluding tert-OH is 1. The van der Waals surface area contributed by atoms with Crippen molar-refractivity contribution in [2.24, 2.45) is 17.4 Å². The zero-order chi connectivity index (χ0) is 22.7. The normalized spacial score (nSPS) is 16.3. The minimum Gasteiger partial charge on any atom is -0.480 e. The van der Waals surface area contributed by atoms with Crippen LogP contribution < -0.4 is 27.4 Å². The highest BCUT2D eigenvalue weighted by Crippen LogP contribution is 2.06. The van der Waals surface area contributed by atoms with Gasteiger partial charge >= 0.3 is 5.97 Å². The first-order valence-corrected chi connectivity index (χ1v) is 9.69. The van der Waals surface area contributed by atoms with Crippen molar-refractivity contribution < 1.29 is 29.4 Å². The van der Waals surface area contributed by atoms with Gasteiger partial charge in [-0.2, -0.15) is 0 Å². The summed E-state index contributed by atoms with van der Waals surface area (Å²) in [6, 6.07) is -4.39. The first-order chi connectivity index (χ1) is 13.4. The largest absolute Gasteiger partial charge is 0.480 e. The van der Waals surface area contributed by atoms with E-state index >= 15 is 0 Å². The summed E-state index contributed by atoms with van der Waals surface area (Å²) < 4.78 is 0. The highest BCUT2D eigenvalue weighted by molar-refractivity contribution is 5.94. The molecule has 11 nitrogen and oxygen atoms in total. The average Bonchev–Trinajstić information content (AvgIpc) is 2.63. The molecule has 0 bridgehead atoms. The molecule has 0 saturated heterocycles. The van der Waals surface area contributed by atoms with E-state index in [0.717, 1.165) is 0 Å². The Morgan fingerprint density at radius 2 is 1.48 bits per heavy atom. The average molecular weight is 418 g/mol. The topological polar surface area (TPSA) is 197 Å². The number of hydrogen-bond acceptors (Lipinski definition) is 7. The molecule has 0 aliphatic rings. The van der Waals surface area contributed by atoms with Gasteiger partial charge in [0.1, 0.15) is 18.1 Å². The molecule has 3 amide bonds. The lowest BCUT2D eigenvalue weighted by molar-refractivity contribution is -0.142. The summed E-state index contributed by atoms with van der Waals surface area (Å²) in [7, 11) is 0. The lowest BCUT2D eigenvalue weighted by atomic mass is 10.0. The Hall–Kier alpha value is -2.24. The molecule has 0 aromatic rings. The molecule has 5 atom stereocenters. The van der Waals surface area contributed by atoms with Gasteiger partial charge in [0.25, 0.3) is 0 Å². The molecule has 0 aromatic heterocycles. The van der Waals surface area contributed by atoms with E-state index in [2.05, 4.69) is 16.0 Å². The number of carbonyl (C=O) groups excluding carboxylic acids is 3. The maximum atomic E-state index is 12.7. The van der Waals surface area contributed by atoms with Crippen LogP contribution in [0.25, 0.3) is 0 Å². The highest BCUT2D eigenvalue weighted by Gasteiger charge is 2.31. The van der Waals surface area contributed by atoms with Crippen LogP contribution in [-0.2, 0) is 19.2 Å². The van der Waals surface area contributed by atoms with Crippen molar-refractivity contribution in [1.29, 1.82) is 0 Å². The fraction of sp³-hybridized carbons (Fsp3) is 0.778. The van der Waals surface area contributed by atoms with Gasteiger partial charge in [-0.05, 0) is 45.6 Å². The van der Waals surface area contributed by atoms with Gasteiger partial charge in [0.15, 0.2) is 0 Å². The summed E-state index contributed by atoms with van der Waals surface area (Å²) >= 11 is 0. The minimum atomic E-state index is -1.39. The number of carboxylic acids is 1. The molecule has 0 aromatic carbocycles. The van der Waals surface area contributed by atoms with Gasteiger partial charge in [-0.3, -0.25) is 19.2 Å². The van der Waals surface area contributed by atoms with Crippen LogP contribution in [0.2, 0.25) is 0 Å². The maximum absolute atomic E-state index is 12.7. The molecule has 0 aliphatic carbocycles. The number of rotatable bonds is 13. The third-order valence-corrected chi connectivity index (χ3v) is 4.39. The molecular weight excluding hydrogens is 382 g/mol. The lowest BCUT2D eigenvalue weighted by Gasteiger charge is -2.26. The van der Waals surface area contributed by atoms with Gasteiger partial charge in [-0.25, -0.2) is 0 Å². The number of carbonyl (C=O) groups is 4. The van der Waals surface area contributed by atoms with Crippen LogP contribution in [0.1, 0.15) is 47.0 Å². The third-order valence-electron chi connectivity index (χ3n) is 4.39. The Labute approximate surface area is 171 Å². The van der Waals surface area contributed by atoms with E-state index in [-0.39, 0.29) is 12.3 Å². The van der Waals surface area contributed by atoms with Crippen LogP contribution in [0, 0.1) is 5.92 Å². The molecule has 0 aliphatic heterocycles. The maximum Gasteiger partial charge on any atom is 0.325 e. The van der Waals surface area contributed by atoms with Crippen molar-refractivity contribution in [3.05, 3.63) is 0 Å². The minimum absolute atomic E-state index is 0.142. The van der Waals surface area contributed by atoms with Crippen LogP contribution in [0.4, 0.5) is 0 Å². The predicted octanol–water partition coefficient (Wildman–Crippen LogP) is -1.96. The van der Waals surface area contributed by atoms with Crippen LogP contribution in [0.15, 0.2) is 0 Å². The third kappa shape index (κ3) is 9.68. The van der Waals surface area contributed by atoms with Gasteiger partial charge < -0.3 is 37.6 Å². The molecule has 29 heavy (non-hydrogen) atoms. The van der Waals surface area contributed by atoms with Crippen LogP contribution in [-0.4, -0.2) is 70.7 Å². The molecule has 9 N–H and O–H groups in total. The van der Waals surface area contributed by atoms with E-state index in [1.807, 2.05) is 0 Å².